The second kappa shape index (κ2) is 7.23. The van der Waals surface area contributed by atoms with Crippen molar-refractivity contribution in [1.29, 1.82) is 0 Å². The van der Waals surface area contributed by atoms with Gasteiger partial charge in [0.15, 0.2) is 11.5 Å². The van der Waals surface area contributed by atoms with E-state index in [1.165, 1.54) is 11.1 Å². The van der Waals surface area contributed by atoms with Gasteiger partial charge in [-0.3, -0.25) is 0 Å². The van der Waals surface area contributed by atoms with Crippen molar-refractivity contribution in [3.8, 4) is 17.2 Å². The second-order valence-electron chi connectivity index (χ2n) is 7.38. The summed E-state index contributed by atoms with van der Waals surface area (Å²) in [6, 6.07) is 8.40. The van der Waals surface area contributed by atoms with Crippen LogP contribution in [0.5, 0.6) is 17.2 Å². The molecule has 0 aliphatic carbocycles. The maximum absolute atomic E-state index is 6.23. The van der Waals surface area contributed by atoms with E-state index in [1.54, 1.807) is 14.2 Å². The van der Waals surface area contributed by atoms with Gasteiger partial charge in [-0.1, -0.05) is 17.7 Å². The first-order valence-corrected chi connectivity index (χ1v) is 9.52. The largest absolute Gasteiger partial charge is 0.493 e. The van der Waals surface area contributed by atoms with Crippen molar-refractivity contribution in [2.45, 2.75) is 27.2 Å². The van der Waals surface area contributed by atoms with Crippen molar-refractivity contribution in [3.63, 3.8) is 0 Å². The maximum atomic E-state index is 6.23. The Bertz CT molecular complexity index is 969. The molecule has 2 aliphatic rings. The summed E-state index contributed by atoms with van der Waals surface area (Å²) in [4.78, 5) is 6.92. The van der Waals surface area contributed by atoms with Crippen LogP contribution in [0.2, 0.25) is 0 Å². The topological polar surface area (TPSA) is 43.3 Å². The van der Waals surface area contributed by atoms with Crippen LogP contribution in [0, 0.1) is 20.8 Å². The van der Waals surface area contributed by atoms with Crippen molar-refractivity contribution in [3.05, 3.63) is 58.2 Å². The summed E-state index contributed by atoms with van der Waals surface area (Å²) in [6.45, 7) is 7.77. The molecular formula is C23H26N2O3. The van der Waals surface area contributed by atoms with Gasteiger partial charge in [-0.05, 0) is 56.0 Å². The Hall–Kier alpha value is -2.95. The van der Waals surface area contributed by atoms with E-state index in [4.69, 9.17) is 14.2 Å². The summed E-state index contributed by atoms with van der Waals surface area (Å²) in [5, 5.41) is 0. The van der Waals surface area contributed by atoms with Crippen molar-refractivity contribution in [2.24, 2.45) is 4.99 Å². The van der Waals surface area contributed by atoms with Gasteiger partial charge in [0.25, 0.3) is 0 Å². The number of aliphatic imine (C=N–C) groups is 1. The molecule has 0 saturated carbocycles. The fraction of sp³-hybridized carbons (Fsp3) is 0.348. The van der Waals surface area contributed by atoms with Gasteiger partial charge in [0.1, 0.15) is 12.4 Å². The van der Waals surface area contributed by atoms with E-state index in [0.29, 0.717) is 12.6 Å². The Morgan fingerprint density at radius 3 is 2.29 bits per heavy atom. The predicted octanol–water partition coefficient (Wildman–Crippen LogP) is 4.28. The van der Waals surface area contributed by atoms with Gasteiger partial charge in [0.2, 0.25) is 5.90 Å². The average molecular weight is 378 g/mol. The van der Waals surface area contributed by atoms with E-state index in [1.807, 2.05) is 6.08 Å². The second-order valence-corrected chi connectivity index (χ2v) is 7.38. The smallest absolute Gasteiger partial charge is 0.218 e. The molecule has 2 aromatic rings. The highest BCUT2D eigenvalue weighted by Crippen LogP contribution is 2.38. The molecular weight excluding hydrogens is 352 g/mol. The lowest BCUT2D eigenvalue weighted by molar-refractivity contribution is 0.351. The minimum atomic E-state index is 0.596. The number of rotatable bonds is 3. The van der Waals surface area contributed by atoms with Crippen LogP contribution in [0.15, 0.2) is 35.3 Å². The first-order valence-electron chi connectivity index (χ1n) is 9.52. The van der Waals surface area contributed by atoms with Crippen LogP contribution >= 0.6 is 0 Å². The molecule has 2 aromatic carbocycles. The van der Waals surface area contributed by atoms with Crippen LogP contribution < -0.4 is 14.2 Å². The number of aryl methyl sites for hydroxylation is 3. The average Bonchev–Trinajstić information content (AvgIpc) is 2.69. The number of hydrogen-bond donors (Lipinski definition) is 0. The van der Waals surface area contributed by atoms with Gasteiger partial charge in [-0.25, -0.2) is 4.99 Å². The highest BCUT2D eigenvalue weighted by atomic mass is 16.5. The Labute approximate surface area is 166 Å². The first-order chi connectivity index (χ1) is 13.5. The number of methoxy groups -OCH3 is 2. The number of benzene rings is 2. The molecule has 0 fully saturated rings. The molecule has 5 nitrogen and oxygen atoms in total. The Kier molecular flexibility index (Phi) is 4.75. The highest BCUT2D eigenvalue weighted by Gasteiger charge is 2.26. The van der Waals surface area contributed by atoms with Crippen LogP contribution in [-0.4, -0.2) is 38.2 Å². The third kappa shape index (κ3) is 3.21. The lowest BCUT2D eigenvalue weighted by atomic mass is 9.95. The van der Waals surface area contributed by atoms with E-state index in [-0.39, 0.29) is 0 Å². The Morgan fingerprint density at radius 1 is 0.929 bits per heavy atom. The standard InChI is InChI=1S/C23H26N2O3/c1-14-8-15(2)23(16(3)9-14)28-22-12-19-18-11-21(27-5)20(26-4)10-17(18)6-7-25(19)13-24-22/h8-12H,6-7,13H2,1-5H3. The summed E-state index contributed by atoms with van der Waals surface area (Å²) in [5.41, 5.74) is 7.00. The molecule has 0 spiro atoms. The van der Waals surface area contributed by atoms with Gasteiger partial charge in [0.05, 0.1) is 19.9 Å². The van der Waals surface area contributed by atoms with Gasteiger partial charge < -0.3 is 19.1 Å². The van der Waals surface area contributed by atoms with Crippen molar-refractivity contribution < 1.29 is 14.2 Å². The van der Waals surface area contributed by atoms with Crippen LogP contribution in [-0.2, 0) is 6.42 Å². The third-order valence-electron chi connectivity index (χ3n) is 5.35. The summed E-state index contributed by atoms with van der Waals surface area (Å²) in [6.07, 6.45) is 2.99. The molecule has 0 N–H and O–H groups in total. The van der Waals surface area contributed by atoms with Crippen LogP contribution in [0.25, 0.3) is 5.70 Å². The minimum absolute atomic E-state index is 0.596. The molecule has 0 radical (unpaired) electrons. The molecule has 5 heteroatoms. The zero-order chi connectivity index (χ0) is 19.8. The fourth-order valence-electron chi connectivity index (χ4n) is 4.04. The molecule has 4 rings (SSSR count). The molecule has 2 heterocycles. The Morgan fingerprint density at radius 2 is 1.61 bits per heavy atom. The van der Waals surface area contributed by atoms with E-state index in [9.17, 15) is 0 Å². The maximum Gasteiger partial charge on any atom is 0.218 e. The normalized spacial score (nSPS) is 15.2. The monoisotopic (exact) mass is 378 g/mol. The number of ether oxygens (including phenoxy) is 3. The first kappa shape index (κ1) is 18.4. The van der Waals surface area contributed by atoms with E-state index in [0.717, 1.165) is 52.6 Å². The number of fused-ring (bicyclic) bond motifs is 3. The van der Waals surface area contributed by atoms with E-state index >= 15 is 0 Å². The van der Waals surface area contributed by atoms with Gasteiger partial charge in [-0.15, -0.1) is 0 Å². The molecule has 28 heavy (non-hydrogen) atoms. The summed E-state index contributed by atoms with van der Waals surface area (Å²) < 4.78 is 17.2. The van der Waals surface area contributed by atoms with Crippen molar-refractivity contribution >= 4 is 11.6 Å². The molecule has 0 bridgehead atoms. The molecule has 0 saturated heterocycles. The van der Waals surface area contributed by atoms with Crippen LogP contribution in [0.4, 0.5) is 0 Å². The molecule has 0 atom stereocenters. The molecule has 0 amide bonds. The summed E-state index contributed by atoms with van der Waals surface area (Å²) in [7, 11) is 3.34. The fourth-order valence-corrected chi connectivity index (χ4v) is 4.04. The molecule has 0 unspecified atom stereocenters. The zero-order valence-electron chi connectivity index (χ0n) is 17.1. The number of hydrogen-bond acceptors (Lipinski definition) is 5. The summed E-state index contributed by atoms with van der Waals surface area (Å²) >= 11 is 0. The molecule has 146 valence electrons. The van der Waals surface area contributed by atoms with Crippen LogP contribution in [0.1, 0.15) is 27.8 Å². The lowest BCUT2D eigenvalue weighted by Gasteiger charge is -2.34. The van der Waals surface area contributed by atoms with Gasteiger partial charge >= 0.3 is 0 Å². The summed E-state index contributed by atoms with van der Waals surface area (Å²) in [5.74, 6) is 3.03. The molecule has 0 aromatic heterocycles. The predicted molar refractivity (Wildman–Crippen MR) is 112 cm³/mol. The van der Waals surface area contributed by atoms with Crippen molar-refractivity contribution in [1.82, 2.24) is 4.90 Å². The van der Waals surface area contributed by atoms with Gasteiger partial charge in [-0.2, -0.15) is 0 Å². The van der Waals surface area contributed by atoms with E-state index in [2.05, 4.69) is 54.9 Å². The van der Waals surface area contributed by atoms with E-state index < -0.39 is 0 Å². The third-order valence-corrected chi connectivity index (χ3v) is 5.35. The SMILES string of the molecule is COc1cc2c(cc1OC)C1=CC(Oc3c(C)cc(C)cc3C)=NCN1CC2. The quantitative estimate of drug-likeness (QED) is 0.800. The highest BCUT2D eigenvalue weighted by molar-refractivity contribution is 5.98. The van der Waals surface area contributed by atoms with Gasteiger partial charge in [0, 0.05) is 18.2 Å². The Balaban J connectivity index is 1.71. The zero-order valence-corrected chi connectivity index (χ0v) is 17.1. The van der Waals surface area contributed by atoms with Crippen LogP contribution in [0.3, 0.4) is 0 Å². The minimum Gasteiger partial charge on any atom is -0.493 e. The lowest BCUT2D eigenvalue weighted by Crippen LogP contribution is -2.33. The number of nitrogens with zero attached hydrogens (tertiary/aromatic N) is 2. The molecule has 2 aliphatic heterocycles. The van der Waals surface area contributed by atoms with Crippen molar-refractivity contribution in [2.75, 3.05) is 27.4 Å².